The van der Waals surface area contributed by atoms with Gasteiger partial charge in [-0.25, -0.2) is 4.79 Å². The van der Waals surface area contributed by atoms with E-state index in [0.717, 1.165) is 6.42 Å². The van der Waals surface area contributed by atoms with Crippen molar-refractivity contribution in [1.82, 2.24) is 0 Å². The first-order chi connectivity index (χ1) is 11.6. The lowest BCUT2D eigenvalue weighted by Crippen LogP contribution is -2.23. The zero-order valence-electron chi connectivity index (χ0n) is 13.3. The molecule has 0 unspecified atom stereocenters. The number of para-hydroxylation sites is 1. The van der Waals surface area contributed by atoms with Gasteiger partial charge in [-0.05, 0) is 36.2 Å². The van der Waals surface area contributed by atoms with Crippen LogP contribution >= 0.6 is 11.6 Å². The fraction of sp³-hybridized carbons (Fsp3) is 0.222. The number of carbonyl (C=O) groups excluding carboxylic acids is 2. The summed E-state index contributed by atoms with van der Waals surface area (Å²) in [5.41, 5.74) is 1.83. The number of ether oxygens (including phenoxy) is 2. The van der Waals surface area contributed by atoms with Crippen LogP contribution in [0.5, 0.6) is 5.75 Å². The Morgan fingerprint density at radius 2 is 1.75 bits per heavy atom. The Labute approximate surface area is 145 Å². The van der Waals surface area contributed by atoms with Crippen molar-refractivity contribution in [2.75, 3.05) is 18.5 Å². The van der Waals surface area contributed by atoms with Crippen LogP contribution in [-0.4, -0.2) is 25.1 Å². The van der Waals surface area contributed by atoms with Crippen molar-refractivity contribution in [3.8, 4) is 5.75 Å². The van der Waals surface area contributed by atoms with Crippen LogP contribution in [-0.2, 0) is 20.7 Å². The van der Waals surface area contributed by atoms with E-state index in [1.165, 1.54) is 5.56 Å². The molecule has 0 radical (unpaired) electrons. The van der Waals surface area contributed by atoms with Crippen molar-refractivity contribution in [2.24, 2.45) is 0 Å². The van der Waals surface area contributed by atoms with E-state index in [9.17, 15) is 9.59 Å². The first-order valence-electron chi connectivity index (χ1n) is 7.50. The van der Waals surface area contributed by atoms with Gasteiger partial charge >= 0.3 is 5.97 Å². The third-order valence-electron chi connectivity index (χ3n) is 3.19. The highest BCUT2D eigenvalue weighted by atomic mass is 35.5. The first kappa shape index (κ1) is 17.8. The Hall–Kier alpha value is -2.53. The molecular formula is C18H18ClNO4. The molecule has 1 N–H and O–H groups in total. The van der Waals surface area contributed by atoms with Gasteiger partial charge in [0.1, 0.15) is 5.75 Å². The molecule has 0 aliphatic rings. The van der Waals surface area contributed by atoms with E-state index in [1.807, 2.05) is 12.1 Å². The normalized spacial score (nSPS) is 10.1. The number of esters is 1. The van der Waals surface area contributed by atoms with E-state index < -0.39 is 11.9 Å². The molecule has 1 amide bonds. The van der Waals surface area contributed by atoms with Gasteiger partial charge in [-0.3, -0.25) is 4.79 Å². The van der Waals surface area contributed by atoms with E-state index >= 15 is 0 Å². The number of hydrogen-bond acceptors (Lipinski definition) is 4. The predicted octanol–water partition coefficient (Wildman–Crippen LogP) is 3.46. The number of nitrogens with one attached hydrogen (secondary N) is 1. The van der Waals surface area contributed by atoms with Crippen LogP contribution in [0.25, 0.3) is 0 Å². The van der Waals surface area contributed by atoms with Crippen molar-refractivity contribution in [3.63, 3.8) is 0 Å². The second kappa shape index (κ2) is 8.93. The number of anilines is 1. The molecule has 0 saturated carbocycles. The molecule has 0 aliphatic carbocycles. The second-order valence-electron chi connectivity index (χ2n) is 4.98. The molecule has 0 fully saturated rings. The van der Waals surface area contributed by atoms with Gasteiger partial charge in [-0.1, -0.05) is 42.8 Å². The number of halogens is 1. The number of carbonyl (C=O) groups is 2. The summed E-state index contributed by atoms with van der Waals surface area (Å²) in [6, 6.07) is 14.3. The van der Waals surface area contributed by atoms with E-state index in [0.29, 0.717) is 16.5 Å². The average Bonchev–Trinajstić information content (AvgIpc) is 2.60. The molecule has 0 saturated heterocycles. The summed E-state index contributed by atoms with van der Waals surface area (Å²) in [5, 5.41) is 3.05. The van der Waals surface area contributed by atoms with E-state index in [4.69, 9.17) is 21.1 Å². The second-order valence-corrected chi connectivity index (χ2v) is 5.39. The van der Waals surface area contributed by atoms with Gasteiger partial charge in [0, 0.05) is 5.69 Å². The molecule has 0 bridgehead atoms. The van der Waals surface area contributed by atoms with Crippen LogP contribution in [0, 0.1) is 0 Å². The zero-order chi connectivity index (χ0) is 17.4. The minimum absolute atomic E-state index is 0.317. The fourth-order valence-corrected chi connectivity index (χ4v) is 2.10. The Balaban J connectivity index is 1.72. The summed E-state index contributed by atoms with van der Waals surface area (Å²) < 4.78 is 10.1. The number of hydrogen-bond donors (Lipinski definition) is 1. The minimum Gasteiger partial charge on any atom is -0.480 e. The molecule has 24 heavy (non-hydrogen) atoms. The summed E-state index contributed by atoms with van der Waals surface area (Å²) in [7, 11) is 0. The highest BCUT2D eigenvalue weighted by Gasteiger charge is 2.10. The van der Waals surface area contributed by atoms with Crippen LogP contribution in [0.3, 0.4) is 0 Å². The largest absolute Gasteiger partial charge is 0.480 e. The van der Waals surface area contributed by atoms with Crippen molar-refractivity contribution < 1.29 is 19.1 Å². The SMILES string of the molecule is CCc1ccc(NC(=O)COC(=O)COc2ccccc2Cl)cc1. The number of rotatable bonds is 7. The molecule has 126 valence electrons. The molecule has 2 aromatic rings. The molecule has 0 aromatic heterocycles. The predicted molar refractivity (Wildman–Crippen MR) is 92.4 cm³/mol. The topological polar surface area (TPSA) is 64.6 Å². The Kier molecular flexibility index (Phi) is 6.63. The van der Waals surface area contributed by atoms with Crippen molar-refractivity contribution in [3.05, 3.63) is 59.1 Å². The number of amides is 1. The molecule has 2 rings (SSSR count). The fourth-order valence-electron chi connectivity index (χ4n) is 1.91. The van der Waals surface area contributed by atoms with Gasteiger partial charge < -0.3 is 14.8 Å². The summed E-state index contributed by atoms with van der Waals surface area (Å²) in [6.07, 6.45) is 0.928. The third-order valence-corrected chi connectivity index (χ3v) is 3.50. The molecule has 0 heterocycles. The standard InChI is InChI=1S/C18H18ClNO4/c1-2-13-7-9-14(10-8-13)20-17(21)11-24-18(22)12-23-16-6-4-3-5-15(16)19/h3-10H,2,11-12H2,1H3,(H,20,21). The average molecular weight is 348 g/mol. The minimum atomic E-state index is -0.647. The summed E-state index contributed by atoms with van der Waals surface area (Å²) in [5.74, 6) is -0.673. The van der Waals surface area contributed by atoms with Gasteiger partial charge in [0.05, 0.1) is 5.02 Å². The molecular weight excluding hydrogens is 330 g/mol. The van der Waals surface area contributed by atoms with E-state index in [1.54, 1.807) is 36.4 Å². The summed E-state index contributed by atoms with van der Waals surface area (Å²) >= 11 is 5.91. The van der Waals surface area contributed by atoms with Gasteiger partial charge in [-0.2, -0.15) is 0 Å². The smallest absolute Gasteiger partial charge is 0.344 e. The lowest BCUT2D eigenvalue weighted by molar-refractivity contribution is -0.149. The van der Waals surface area contributed by atoms with Gasteiger partial charge in [0.2, 0.25) is 0 Å². The van der Waals surface area contributed by atoms with Gasteiger partial charge in [0.25, 0.3) is 5.91 Å². The van der Waals surface area contributed by atoms with Crippen LogP contribution in [0.15, 0.2) is 48.5 Å². The summed E-state index contributed by atoms with van der Waals surface area (Å²) in [4.78, 5) is 23.3. The molecule has 5 nitrogen and oxygen atoms in total. The van der Waals surface area contributed by atoms with Gasteiger partial charge in [-0.15, -0.1) is 0 Å². The van der Waals surface area contributed by atoms with Crippen molar-refractivity contribution in [1.29, 1.82) is 0 Å². The maximum Gasteiger partial charge on any atom is 0.344 e. The Morgan fingerprint density at radius 3 is 2.42 bits per heavy atom. The molecule has 0 aliphatic heterocycles. The van der Waals surface area contributed by atoms with Crippen molar-refractivity contribution in [2.45, 2.75) is 13.3 Å². The van der Waals surface area contributed by atoms with E-state index in [-0.39, 0.29) is 13.2 Å². The maximum absolute atomic E-state index is 11.7. The Morgan fingerprint density at radius 1 is 1.04 bits per heavy atom. The molecule has 6 heteroatoms. The molecule has 0 atom stereocenters. The monoisotopic (exact) mass is 347 g/mol. The number of aryl methyl sites for hydroxylation is 1. The van der Waals surface area contributed by atoms with Crippen LogP contribution in [0.2, 0.25) is 5.02 Å². The zero-order valence-corrected chi connectivity index (χ0v) is 14.0. The highest BCUT2D eigenvalue weighted by molar-refractivity contribution is 6.32. The summed E-state index contributed by atoms with van der Waals surface area (Å²) in [6.45, 7) is 1.36. The molecule has 0 spiro atoms. The van der Waals surface area contributed by atoms with Crippen LogP contribution in [0.1, 0.15) is 12.5 Å². The lowest BCUT2D eigenvalue weighted by atomic mass is 10.1. The van der Waals surface area contributed by atoms with Crippen LogP contribution < -0.4 is 10.1 Å². The quantitative estimate of drug-likeness (QED) is 0.779. The van der Waals surface area contributed by atoms with Gasteiger partial charge in [0.15, 0.2) is 13.2 Å². The number of benzene rings is 2. The maximum atomic E-state index is 11.7. The highest BCUT2D eigenvalue weighted by Crippen LogP contribution is 2.22. The van der Waals surface area contributed by atoms with Crippen molar-refractivity contribution >= 4 is 29.2 Å². The third kappa shape index (κ3) is 5.59. The lowest BCUT2D eigenvalue weighted by Gasteiger charge is -2.09. The first-order valence-corrected chi connectivity index (χ1v) is 7.88. The van der Waals surface area contributed by atoms with Crippen LogP contribution in [0.4, 0.5) is 5.69 Å². The molecule has 2 aromatic carbocycles. The van der Waals surface area contributed by atoms with E-state index in [2.05, 4.69) is 12.2 Å². The Bertz CT molecular complexity index is 700.